The summed E-state index contributed by atoms with van der Waals surface area (Å²) in [7, 11) is 0. The SMILES string of the molecule is Cc1cc(C#N)cc(N[C@@H]2CC(Cn3cccn3)C[C@H]2O)n1. The number of aliphatic hydroxyl groups excluding tert-OH is 1. The molecule has 1 unspecified atom stereocenters. The minimum absolute atomic E-state index is 0.0404. The van der Waals surface area contributed by atoms with Crippen LogP contribution in [-0.4, -0.2) is 32.0 Å². The Labute approximate surface area is 129 Å². The molecule has 2 heterocycles. The van der Waals surface area contributed by atoms with Gasteiger partial charge in [-0.15, -0.1) is 0 Å². The molecular formula is C16H19N5O. The Balaban J connectivity index is 1.66. The van der Waals surface area contributed by atoms with Gasteiger partial charge in [-0.1, -0.05) is 0 Å². The van der Waals surface area contributed by atoms with Crippen molar-refractivity contribution >= 4 is 5.82 Å². The van der Waals surface area contributed by atoms with Gasteiger partial charge in [0.15, 0.2) is 0 Å². The first-order chi connectivity index (χ1) is 10.6. The van der Waals surface area contributed by atoms with Crippen LogP contribution >= 0.6 is 0 Å². The van der Waals surface area contributed by atoms with Crippen molar-refractivity contribution in [3.8, 4) is 6.07 Å². The lowest BCUT2D eigenvalue weighted by molar-refractivity contribution is 0.166. The Kier molecular flexibility index (Phi) is 4.07. The predicted octanol–water partition coefficient (Wildman–Crippen LogP) is 1.71. The highest BCUT2D eigenvalue weighted by Gasteiger charge is 2.33. The van der Waals surface area contributed by atoms with Gasteiger partial charge in [0.1, 0.15) is 5.82 Å². The normalized spacial score (nSPS) is 24.1. The van der Waals surface area contributed by atoms with Gasteiger partial charge in [0.05, 0.1) is 23.8 Å². The maximum atomic E-state index is 10.3. The number of nitrogens with one attached hydrogen (secondary N) is 1. The number of hydrogen-bond acceptors (Lipinski definition) is 5. The summed E-state index contributed by atoms with van der Waals surface area (Å²) in [5, 5.41) is 26.8. The predicted molar refractivity (Wildman–Crippen MR) is 82.1 cm³/mol. The lowest BCUT2D eigenvalue weighted by Crippen LogP contribution is -2.28. The summed E-state index contributed by atoms with van der Waals surface area (Å²) in [5.74, 6) is 1.04. The maximum absolute atomic E-state index is 10.3. The van der Waals surface area contributed by atoms with E-state index in [1.165, 1.54) is 0 Å². The summed E-state index contributed by atoms with van der Waals surface area (Å²) in [4.78, 5) is 4.39. The van der Waals surface area contributed by atoms with Gasteiger partial charge in [-0.2, -0.15) is 10.4 Å². The zero-order chi connectivity index (χ0) is 15.5. The maximum Gasteiger partial charge on any atom is 0.127 e. The molecule has 2 aromatic heterocycles. The molecule has 0 spiro atoms. The number of anilines is 1. The number of aryl methyl sites for hydroxylation is 1. The fraction of sp³-hybridized carbons (Fsp3) is 0.438. The molecule has 0 aliphatic heterocycles. The average Bonchev–Trinajstić information content (AvgIpc) is 3.09. The summed E-state index contributed by atoms with van der Waals surface area (Å²) >= 11 is 0. The van der Waals surface area contributed by atoms with Crippen molar-refractivity contribution in [3.05, 3.63) is 41.9 Å². The van der Waals surface area contributed by atoms with E-state index in [2.05, 4.69) is 21.5 Å². The van der Waals surface area contributed by atoms with Gasteiger partial charge in [0.2, 0.25) is 0 Å². The minimum Gasteiger partial charge on any atom is -0.391 e. The molecule has 0 radical (unpaired) electrons. The van der Waals surface area contributed by atoms with Crippen molar-refractivity contribution in [3.63, 3.8) is 0 Å². The van der Waals surface area contributed by atoms with Crippen molar-refractivity contribution in [2.75, 3.05) is 5.32 Å². The molecule has 2 aromatic rings. The summed E-state index contributed by atoms with van der Waals surface area (Å²) in [6.45, 7) is 2.67. The van der Waals surface area contributed by atoms with E-state index in [-0.39, 0.29) is 6.04 Å². The Morgan fingerprint density at radius 3 is 3.05 bits per heavy atom. The van der Waals surface area contributed by atoms with Gasteiger partial charge in [0, 0.05) is 24.6 Å². The Morgan fingerprint density at radius 2 is 2.32 bits per heavy atom. The van der Waals surface area contributed by atoms with Crippen LogP contribution < -0.4 is 5.32 Å². The fourth-order valence-electron chi connectivity index (χ4n) is 3.09. The van der Waals surface area contributed by atoms with Crippen molar-refractivity contribution in [2.24, 2.45) is 5.92 Å². The van der Waals surface area contributed by atoms with Crippen LogP contribution in [0.25, 0.3) is 0 Å². The monoisotopic (exact) mass is 297 g/mol. The van der Waals surface area contributed by atoms with Crippen molar-refractivity contribution in [2.45, 2.75) is 38.5 Å². The topological polar surface area (TPSA) is 86.8 Å². The van der Waals surface area contributed by atoms with E-state index in [9.17, 15) is 5.11 Å². The van der Waals surface area contributed by atoms with Crippen molar-refractivity contribution < 1.29 is 5.11 Å². The highest BCUT2D eigenvalue weighted by atomic mass is 16.3. The number of hydrogen-bond donors (Lipinski definition) is 2. The largest absolute Gasteiger partial charge is 0.391 e. The van der Waals surface area contributed by atoms with Crippen LogP contribution in [-0.2, 0) is 6.54 Å². The second kappa shape index (κ2) is 6.16. The van der Waals surface area contributed by atoms with E-state index in [1.54, 1.807) is 18.3 Å². The van der Waals surface area contributed by atoms with E-state index >= 15 is 0 Å². The molecule has 114 valence electrons. The summed E-state index contributed by atoms with van der Waals surface area (Å²) in [6, 6.07) is 7.46. The van der Waals surface area contributed by atoms with E-state index in [0.717, 1.165) is 25.1 Å². The van der Waals surface area contributed by atoms with Crippen LogP contribution in [0.3, 0.4) is 0 Å². The molecule has 0 saturated heterocycles. The van der Waals surface area contributed by atoms with Gasteiger partial charge in [-0.05, 0) is 43.9 Å². The first-order valence-electron chi connectivity index (χ1n) is 7.45. The summed E-state index contributed by atoms with van der Waals surface area (Å²) in [5.41, 5.74) is 1.37. The van der Waals surface area contributed by atoms with E-state index in [0.29, 0.717) is 17.3 Å². The molecule has 3 rings (SSSR count). The number of rotatable bonds is 4. The Morgan fingerprint density at radius 1 is 1.45 bits per heavy atom. The smallest absolute Gasteiger partial charge is 0.127 e. The lowest BCUT2D eigenvalue weighted by Gasteiger charge is -2.17. The average molecular weight is 297 g/mol. The van der Waals surface area contributed by atoms with Crippen LogP contribution in [0.15, 0.2) is 30.6 Å². The van der Waals surface area contributed by atoms with Gasteiger partial charge in [0.25, 0.3) is 0 Å². The van der Waals surface area contributed by atoms with Crippen molar-refractivity contribution in [1.82, 2.24) is 14.8 Å². The second-order valence-corrected chi connectivity index (χ2v) is 5.88. The Bertz CT molecular complexity index is 676. The van der Waals surface area contributed by atoms with E-state index < -0.39 is 6.10 Å². The molecule has 6 nitrogen and oxygen atoms in total. The number of nitrogens with zero attached hydrogens (tertiary/aromatic N) is 4. The van der Waals surface area contributed by atoms with Crippen LogP contribution in [0.5, 0.6) is 0 Å². The Hall–Kier alpha value is -2.39. The minimum atomic E-state index is -0.409. The van der Waals surface area contributed by atoms with Crippen LogP contribution in [0.1, 0.15) is 24.1 Å². The number of pyridine rings is 1. The third kappa shape index (κ3) is 3.26. The zero-order valence-electron chi connectivity index (χ0n) is 12.5. The van der Waals surface area contributed by atoms with E-state index in [1.807, 2.05) is 23.9 Å². The molecule has 2 N–H and O–H groups in total. The zero-order valence-corrected chi connectivity index (χ0v) is 12.5. The summed E-state index contributed by atoms with van der Waals surface area (Å²) in [6.07, 6.45) is 4.90. The number of nitriles is 1. The molecule has 22 heavy (non-hydrogen) atoms. The third-order valence-electron chi connectivity index (χ3n) is 4.05. The van der Waals surface area contributed by atoms with Crippen LogP contribution in [0, 0.1) is 24.2 Å². The molecule has 6 heteroatoms. The van der Waals surface area contributed by atoms with E-state index in [4.69, 9.17) is 5.26 Å². The van der Waals surface area contributed by atoms with Crippen molar-refractivity contribution in [1.29, 1.82) is 5.26 Å². The molecular weight excluding hydrogens is 278 g/mol. The quantitative estimate of drug-likeness (QED) is 0.897. The molecule has 1 aliphatic rings. The summed E-state index contributed by atoms with van der Waals surface area (Å²) < 4.78 is 1.90. The van der Waals surface area contributed by atoms with Gasteiger partial charge >= 0.3 is 0 Å². The second-order valence-electron chi connectivity index (χ2n) is 5.88. The fourth-order valence-corrected chi connectivity index (χ4v) is 3.09. The molecule has 1 aliphatic carbocycles. The molecule has 3 atom stereocenters. The van der Waals surface area contributed by atoms with Gasteiger partial charge in [-0.3, -0.25) is 4.68 Å². The first-order valence-corrected chi connectivity index (χ1v) is 7.45. The highest BCUT2D eigenvalue weighted by Crippen LogP contribution is 2.29. The standard InChI is InChI=1S/C16H19N5O/c1-11-5-12(9-17)8-16(19-11)20-14-6-13(7-15(14)22)10-21-4-2-3-18-21/h2-5,8,13-15,22H,6-7,10H2,1H3,(H,19,20)/t13?,14-,15-/m1/s1. The lowest BCUT2D eigenvalue weighted by atomic mass is 10.1. The van der Waals surface area contributed by atoms with Crippen LogP contribution in [0.4, 0.5) is 5.82 Å². The molecule has 1 fully saturated rings. The molecule has 0 bridgehead atoms. The highest BCUT2D eigenvalue weighted by molar-refractivity contribution is 5.45. The number of aliphatic hydroxyl groups is 1. The first kappa shape index (κ1) is 14.5. The molecule has 0 aromatic carbocycles. The molecule has 1 saturated carbocycles. The number of aromatic nitrogens is 3. The molecule has 0 amide bonds. The van der Waals surface area contributed by atoms with Gasteiger partial charge < -0.3 is 10.4 Å². The van der Waals surface area contributed by atoms with Gasteiger partial charge in [-0.25, -0.2) is 4.98 Å². The van der Waals surface area contributed by atoms with Crippen LogP contribution in [0.2, 0.25) is 0 Å². The third-order valence-corrected chi connectivity index (χ3v) is 4.05.